The molecule has 0 atom stereocenters. The lowest BCUT2D eigenvalue weighted by atomic mass is 9.82. The van der Waals surface area contributed by atoms with Crippen molar-refractivity contribution >= 4 is 70.1 Å². The van der Waals surface area contributed by atoms with Crippen LogP contribution >= 0.6 is 11.3 Å². The van der Waals surface area contributed by atoms with E-state index in [1.165, 1.54) is 86.5 Å². The van der Waals surface area contributed by atoms with Gasteiger partial charge in [-0.05, 0) is 92.0 Å². The third kappa shape index (κ3) is 4.31. The molecule has 0 radical (unpaired) electrons. The zero-order valence-electron chi connectivity index (χ0n) is 27.4. The molecule has 0 aliphatic heterocycles. The minimum atomic E-state index is -0.0992. The molecule has 9 aromatic rings. The van der Waals surface area contributed by atoms with Crippen LogP contribution in [0.15, 0.2) is 164 Å². The Labute approximate surface area is 290 Å². The van der Waals surface area contributed by atoms with E-state index in [2.05, 4.69) is 183 Å². The first-order chi connectivity index (χ1) is 24.0. The molecule has 0 N–H and O–H groups in total. The summed E-state index contributed by atoms with van der Waals surface area (Å²) in [6, 6.07) is 60.7. The summed E-state index contributed by atoms with van der Waals surface area (Å²) >= 11 is 1.90. The summed E-state index contributed by atoms with van der Waals surface area (Å²) in [6.45, 7) is 4.73. The molecule has 0 amide bonds. The van der Waals surface area contributed by atoms with E-state index in [1.54, 1.807) is 0 Å². The smallest absolute Gasteiger partial charge is 0.0554 e. The molecular formula is C47H33NS. The molecule has 2 heteroatoms. The summed E-state index contributed by atoms with van der Waals surface area (Å²) in [6.07, 6.45) is 0. The van der Waals surface area contributed by atoms with Crippen molar-refractivity contribution < 1.29 is 0 Å². The number of rotatable bonds is 4. The molecule has 0 unspecified atom stereocenters. The molecule has 0 fully saturated rings. The second-order valence-corrected chi connectivity index (χ2v) is 14.8. The molecule has 10 rings (SSSR count). The first kappa shape index (κ1) is 28.3. The maximum Gasteiger partial charge on any atom is 0.0554 e. The van der Waals surface area contributed by atoms with Crippen LogP contribution in [0.5, 0.6) is 0 Å². The van der Waals surface area contributed by atoms with Gasteiger partial charge in [0.1, 0.15) is 0 Å². The van der Waals surface area contributed by atoms with E-state index in [9.17, 15) is 0 Å². The normalized spacial score (nSPS) is 13.3. The molecule has 0 bridgehead atoms. The minimum absolute atomic E-state index is 0.0992. The number of hydrogen-bond donors (Lipinski definition) is 0. The molecule has 1 heterocycles. The Balaban J connectivity index is 1.24. The fraction of sp³-hybridized carbons (Fsp3) is 0.0638. The lowest BCUT2D eigenvalue weighted by Gasteiger charge is -2.29. The summed E-state index contributed by atoms with van der Waals surface area (Å²) in [5, 5.41) is 7.69. The predicted molar refractivity (Wildman–Crippen MR) is 212 cm³/mol. The Hall–Kier alpha value is -5.70. The standard InChI is InChI=1S/C47H33NS/c1-47(2)41-18-7-5-16-37(41)38-26-24-36(29-42(38)47)48(35-15-9-14-33(28-35)34-22-21-30-11-3-4-12-32(30)27-34)43-19-10-13-31-23-25-40-39-17-6-8-20-44(39)49-46(40)45(31)43/h3-29H,1-2H3. The summed E-state index contributed by atoms with van der Waals surface area (Å²) in [4.78, 5) is 2.50. The quantitative estimate of drug-likeness (QED) is 0.184. The zero-order valence-corrected chi connectivity index (χ0v) is 28.3. The predicted octanol–water partition coefficient (Wildman–Crippen LogP) is 13.8. The third-order valence-electron chi connectivity index (χ3n) is 10.6. The van der Waals surface area contributed by atoms with Crippen LogP contribution in [0, 0.1) is 0 Å². The van der Waals surface area contributed by atoms with Crippen molar-refractivity contribution in [3.8, 4) is 22.3 Å². The number of thiophene rings is 1. The fourth-order valence-corrected chi connectivity index (χ4v) is 9.44. The molecule has 0 saturated carbocycles. The third-order valence-corrected chi connectivity index (χ3v) is 11.8. The highest BCUT2D eigenvalue weighted by atomic mass is 32.1. The lowest BCUT2D eigenvalue weighted by molar-refractivity contribution is 0.660. The average molecular weight is 644 g/mol. The van der Waals surface area contributed by atoms with Crippen molar-refractivity contribution in [2.24, 2.45) is 0 Å². The summed E-state index contributed by atoms with van der Waals surface area (Å²) in [5.41, 5.74) is 11.3. The Morgan fingerprint density at radius 1 is 0.469 bits per heavy atom. The number of benzene rings is 8. The van der Waals surface area contributed by atoms with E-state index in [1.807, 2.05) is 11.3 Å². The number of nitrogens with zero attached hydrogens (tertiary/aromatic N) is 1. The van der Waals surface area contributed by atoms with Crippen molar-refractivity contribution in [2.75, 3.05) is 4.90 Å². The van der Waals surface area contributed by atoms with Crippen LogP contribution in [0.2, 0.25) is 0 Å². The summed E-state index contributed by atoms with van der Waals surface area (Å²) in [5.74, 6) is 0. The Morgan fingerprint density at radius 3 is 2.12 bits per heavy atom. The van der Waals surface area contributed by atoms with Gasteiger partial charge < -0.3 is 4.90 Å². The van der Waals surface area contributed by atoms with E-state index in [0.29, 0.717) is 0 Å². The molecule has 49 heavy (non-hydrogen) atoms. The van der Waals surface area contributed by atoms with Gasteiger partial charge in [-0.15, -0.1) is 11.3 Å². The van der Waals surface area contributed by atoms with Gasteiger partial charge in [0.15, 0.2) is 0 Å². The Kier molecular flexibility index (Phi) is 6.16. The van der Waals surface area contributed by atoms with Crippen LogP contribution in [0.4, 0.5) is 17.1 Å². The highest BCUT2D eigenvalue weighted by Gasteiger charge is 2.36. The number of hydrogen-bond acceptors (Lipinski definition) is 2. The Morgan fingerprint density at radius 2 is 1.18 bits per heavy atom. The Bertz CT molecular complexity index is 2770. The van der Waals surface area contributed by atoms with E-state index in [4.69, 9.17) is 0 Å². The molecule has 0 spiro atoms. The number of fused-ring (bicyclic) bond motifs is 9. The maximum atomic E-state index is 2.50. The van der Waals surface area contributed by atoms with Crippen molar-refractivity contribution in [1.29, 1.82) is 0 Å². The van der Waals surface area contributed by atoms with Gasteiger partial charge in [0.2, 0.25) is 0 Å². The van der Waals surface area contributed by atoms with Gasteiger partial charge in [-0.2, -0.15) is 0 Å². The van der Waals surface area contributed by atoms with Crippen LogP contribution in [-0.4, -0.2) is 0 Å². The molecule has 232 valence electrons. The topological polar surface area (TPSA) is 3.24 Å². The highest BCUT2D eigenvalue weighted by Crippen LogP contribution is 2.52. The van der Waals surface area contributed by atoms with Gasteiger partial charge in [-0.1, -0.05) is 135 Å². The average Bonchev–Trinajstić information content (AvgIpc) is 3.64. The van der Waals surface area contributed by atoms with Crippen molar-refractivity contribution in [3.63, 3.8) is 0 Å². The zero-order chi connectivity index (χ0) is 32.7. The van der Waals surface area contributed by atoms with E-state index in [-0.39, 0.29) is 5.41 Å². The number of anilines is 3. The van der Waals surface area contributed by atoms with Crippen molar-refractivity contribution in [1.82, 2.24) is 0 Å². The van der Waals surface area contributed by atoms with E-state index in [0.717, 1.165) is 5.69 Å². The van der Waals surface area contributed by atoms with Crippen LogP contribution in [-0.2, 0) is 5.41 Å². The highest BCUT2D eigenvalue weighted by molar-refractivity contribution is 7.26. The van der Waals surface area contributed by atoms with Gasteiger partial charge in [-0.25, -0.2) is 0 Å². The van der Waals surface area contributed by atoms with Crippen LogP contribution in [0.3, 0.4) is 0 Å². The van der Waals surface area contributed by atoms with Crippen LogP contribution in [0.1, 0.15) is 25.0 Å². The van der Waals surface area contributed by atoms with Gasteiger partial charge in [0.05, 0.1) is 5.69 Å². The molecular weight excluding hydrogens is 611 g/mol. The molecule has 0 saturated heterocycles. The van der Waals surface area contributed by atoms with Crippen LogP contribution in [0.25, 0.3) is 64.0 Å². The second kappa shape index (κ2) is 10.7. The van der Waals surface area contributed by atoms with E-state index < -0.39 is 0 Å². The van der Waals surface area contributed by atoms with E-state index >= 15 is 0 Å². The summed E-state index contributed by atoms with van der Waals surface area (Å²) < 4.78 is 2.65. The molecule has 1 nitrogen and oxygen atoms in total. The van der Waals surface area contributed by atoms with Crippen molar-refractivity contribution in [3.05, 3.63) is 175 Å². The van der Waals surface area contributed by atoms with Gasteiger partial charge in [0, 0.05) is 42.3 Å². The van der Waals surface area contributed by atoms with Gasteiger partial charge >= 0.3 is 0 Å². The van der Waals surface area contributed by atoms with Crippen LogP contribution < -0.4 is 4.90 Å². The first-order valence-corrected chi connectivity index (χ1v) is 17.8. The fourth-order valence-electron chi connectivity index (χ4n) is 8.17. The SMILES string of the molecule is CC1(C)c2ccccc2-c2ccc(N(c3cccc(-c4ccc5ccccc5c4)c3)c3cccc4ccc5c6ccccc6sc5c34)cc21. The first-order valence-electron chi connectivity index (χ1n) is 17.0. The second-order valence-electron chi connectivity index (χ2n) is 13.8. The largest absolute Gasteiger partial charge is 0.310 e. The molecule has 8 aromatic carbocycles. The van der Waals surface area contributed by atoms with Crippen molar-refractivity contribution in [2.45, 2.75) is 19.3 Å². The van der Waals surface area contributed by atoms with Gasteiger partial charge in [0.25, 0.3) is 0 Å². The maximum absolute atomic E-state index is 2.50. The lowest BCUT2D eigenvalue weighted by Crippen LogP contribution is -2.16. The monoisotopic (exact) mass is 643 g/mol. The molecule has 1 aliphatic carbocycles. The molecule has 1 aliphatic rings. The molecule has 1 aromatic heterocycles. The van der Waals surface area contributed by atoms with Gasteiger partial charge in [-0.3, -0.25) is 0 Å². The minimum Gasteiger partial charge on any atom is -0.310 e. The summed E-state index contributed by atoms with van der Waals surface area (Å²) in [7, 11) is 0.